The Labute approximate surface area is 428 Å². The number of benzene rings is 1. The van der Waals surface area contributed by atoms with Crippen molar-refractivity contribution in [1.82, 2.24) is 5.32 Å². The summed E-state index contributed by atoms with van der Waals surface area (Å²) in [6.45, 7) is 53.0. The Morgan fingerprint density at radius 2 is 1.51 bits per heavy atom. The molecule has 1 saturated carbocycles. The van der Waals surface area contributed by atoms with Gasteiger partial charge >= 0.3 is 0 Å². The van der Waals surface area contributed by atoms with Crippen LogP contribution in [-0.2, 0) is 14.9 Å². The van der Waals surface area contributed by atoms with Crippen molar-refractivity contribution >= 4 is 17.6 Å². The molecule has 0 aromatic heterocycles. The number of halogens is 1. The molecule has 1 heterocycles. The lowest BCUT2D eigenvalue weighted by atomic mass is 9.66. The lowest BCUT2D eigenvalue weighted by molar-refractivity contribution is -0.128. The van der Waals surface area contributed by atoms with Gasteiger partial charge in [-0.2, -0.15) is 0 Å². The van der Waals surface area contributed by atoms with Crippen LogP contribution in [0.5, 0.6) is 0 Å². The van der Waals surface area contributed by atoms with Crippen LogP contribution in [0.3, 0.4) is 0 Å². The summed E-state index contributed by atoms with van der Waals surface area (Å²) in [6, 6.07) is 6.35. The molecule has 1 aliphatic heterocycles. The van der Waals surface area contributed by atoms with E-state index < -0.39 is 11.2 Å². The minimum absolute atomic E-state index is 0.0243. The zero-order chi connectivity index (χ0) is 53.3. The van der Waals surface area contributed by atoms with Gasteiger partial charge in [0.15, 0.2) is 0 Å². The van der Waals surface area contributed by atoms with Gasteiger partial charge in [-0.25, -0.2) is 4.39 Å². The molecule has 5 heteroatoms. The predicted octanol–water partition coefficient (Wildman–Crippen LogP) is 20.0. The summed E-state index contributed by atoms with van der Waals surface area (Å²) < 4.78 is 19.4. The average Bonchev–Trinajstić information content (AvgIpc) is 3.27. The van der Waals surface area contributed by atoms with E-state index in [2.05, 4.69) is 134 Å². The number of carbonyl (C=O) groups is 1. The molecule has 396 valence electrons. The SMILES string of the molecule is C=C/C(F)=C(\C=C/C)N/C(C)=C(C)/C(=C\C(=C)c1ccc(C(CCC)(CCC)C(=O)C(C)C)c(C)c1)N=CCC.CC(C)C.CCC(C)C1COC1.CCCC1CC(C)C1.CCCCC(C)(C)CC. The van der Waals surface area contributed by atoms with E-state index in [0.29, 0.717) is 16.9 Å². The number of aryl methyl sites for hydroxylation is 1. The molecule has 1 unspecified atom stereocenters. The lowest BCUT2D eigenvalue weighted by Crippen LogP contribution is -2.39. The van der Waals surface area contributed by atoms with Crippen LogP contribution in [0.4, 0.5) is 4.39 Å². The standard InChI is InChI=1S/C36H51FN2O.C9H20.C8H16.C7H14O.C4H10/c1-12-17-33(32(37)16-5)39-29(11)28(10)34(38-22-15-4)24-26(8)30-18-19-31(27(9)23-30)36(20-13-2,21-14-3)35(40)25(6)7;1-5-7-8-9(3,4)6-2;1-3-4-8-5-7(2)6-8;1-3-6(2)7-4-8-5-7;1-4(2)3/h12,16-19,22-25,39H,5,8,13-15,20-21H2,1-4,6-7,9-11H3;5-8H2,1-4H3;7-8H,3-6H2,1-2H3;6-7H,3-5H2,1-2H3;4H,1-3H3/b17-12-,29-28+,33-32-,34-24+,38-22?;;;;. The number of carbonyl (C=O) groups excluding carboxylic acids is 1. The van der Waals surface area contributed by atoms with Gasteiger partial charge in [-0.1, -0.05) is 200 Å². The molecule has 0 spiro atoms. The number of nitrogens with one attached hydrogen (secondary N) is 1. The highest BCUT2D eigenvalue weighted by molar-refractivity contribution is 5.92. The van der Waals surface area contributed by atoms with Gasteiger partial charge in [-0.3, -0.25) is 9.79 Å². The zero-order valence-corrected chi connectivity index (χ0v) is 49.0. The van der Waals surface area contributed by atoms with Crippen molar-refractivity contribution in [1.29, 1.82) is 0 Å². The molecule has 2 aliphatic rings. The van der Waals surface area contributed by atoms with Crippen molar-refractivity contribution in [2.75, 3.05) is 13.2 Å². The van der Waals surface area contributed by atoms with Gasteiger partial charge in [0.25, 0.3) is 0 Å². The van der Waals surface area contributed by atoms with E-state index in [9.17, 15) is 9.18 Å². The molecule has 0 bridgehead atoms. The van der Waals surface area contributed by atoms with Crippen LogP contribution in [0.1, 0.15) is 238 Å². The number of hydrogen-bond acceptors (Lipinski definition) is 4. The fourth-order valence-electron chi connectivity index (χ4n) is 8.67. The normalized spacial score (nSPS) is 17.3. The first-order valence-corrected chi connectivity index (χ1v) is 27.7. The highest BCUT2D eigenvalue weighted by atomic mass is 19.1. The molecule has 1 aromatic rings. The second-order valence-corrected chi connectivity index (χ2v) is 22.0. The van der Waals surface area contributed by atoms with Crippen molar-refractivity contribution in [2.24, 2.45) is 45.9 Å². The number of unbranched alkanes of at least 4 members (excludes halogenated alkanes) is 1. The topological polar surface area (TPSA) is 50.7 Å². The molecule has 1 saturated heterocycles. The largest absolute Gasteiger partial charge is 0.381 e. The molecule has 1 N–H and O–H groups in total. The molecule has 2 fully saturated rings. The van der Waals surface area contributed by atoms with Crippen LogP contribution in [-0.4, -0.2) is 25.2 Å². The van der Waals surface area contributed by atoms with Gasteiger partial charge in [0, 0.05) is 23.7 Å². The number of rotatable bonds is 24. The van der Waals surface area contributed by atoms with Crippen LogP contribution in [0.15, 0.2) is 89.1 Å². The molecule has 1 atom stereocenters. The molecule has 69 heavy (non-hydrogen) atoms. The summed E-state index contributed by atoms with van der Waals surface area (Å²) in [6.07, 6.45) is 25.5. The van der Waals surface area contributed by atoms with Gasteiger partial charge in [0.1, 0.15) is 11.6 Å². The quantitative estimate of drug-likeness (QED) is 0.0830. The Hall–Kier alpha value is -3.31. The lowest BCUT2D eigenvalue weighted by Gasteiger charge is -2.36. The summed E-state index contributed by atoms with van der Waals surface area (Å²) in [4.78, 5) is 18.3. The fraction of sp³-hybridized carbons (Fsp3) is 0.688. The molecule has 4 nitrogen and oxygen atoms in total. The first-order valence-electron chi connectivity index (χ1n) is 27.7. The van der Waals surface area contributed by atoms with Gasteiger partial charge in [0.05, 0.1) is 30.0 Å². The number of ether oxygens (including phenoxy) is 1. The van der Waals surface area contributed by atoms with Crippen molar-refractivity contribution in [3.63, 3.8) is 0 Å². The summed E-state index contributed by atoms with van der Waals surface area (Å²) >= 11 is 0. The van der Waals surface area contributed by atoms with Crippen LogP contribution in [0.2, 0.25) is 0 Å². The maximum Gasteiger partial charge on any atom is 0.146 e. The maximum atomic E-state index is 14.3. The van der Waals surface area contributed by atoms with Gasteiger partial charge in [-0.15, -0.1) is 0 Å². The van der Waals surface area contributed by atoms with Gasteiger partial charge < -0.3 is 10.1 Å². The average molecular weight is 960 g/mol. The van der Waals surface area contributed by atoms with E-state index in [-0.39, 0.29) is 5.92 Å². The minimum Gasteiger partial charge on any atom is -0.381 e. The first kappa shape index (κ1) is 67.8. The molecule has 1 aliphatic carbocycles. The summed E-state index contributed by atoms with van der Waals surface area (Å²) in [5.74, 6) is 4.62. The number of allylic oxidation sites excluding steroid dienone is 8. The van der Waals surface area contributed by atoms with E-state index in [1.54, 1.807) is 12.2 Å². The minimum atomic E-state index is -0.463. The Balaban J connectivity index is 0. The molecule has 0 amide bonds. The third-order valence-corrected chi connectivity index (χ3v) is 13.7. The molecule has 3 rings (SSSR count). The monoisotopic (exact) mass is 959 g/mol. The second-order valence-electron chi connectivity index (χ2n) is 22.0. The Kier molecular flexibility index (Phi) is 36.8. The van der Waals surface area contributed by atoms with Crippen LogP contribution in [0, 0.1) is 47.8 Å². The van der Waals surface area contributed by atoms with E-state index in [1.807, 2.05) is 53.8 Å². The number of ketones is 1. The number of nitrogens with zero attached hydrogens (tertiary/aromatic N) is 1. The van der Waals surface area contributed by atoms with Crippen LogP contribution >= 0.6 is 0 Å². The van der Waals surface area contributed by atoms with Crippen molar-refractivity contribution in [2.45, 2.75) is 234 Å². The number of hydrogen-bond donors (Lipinski definition) is 1. The molecule has 0 radical (unpaired) electrons. The van der Waals surface area contributed by atoms with Crippen molar-refractivity contribution < 1.29 is 13.9 Å². The summed E-state index contributed by atoms with van der Waals surface area (Å²) in [7, 11) is 0. The summed E-state index contributed by atoms with van der Waals surface area (Å²) in [5.41, 5.74) is 6.91. The fourth-order valence-corrected chi connectivity index (χ4v) is 8.67. The van der Waals surface area contributed by atoms with Crippen LogP contribution in [0.25, 0.3) is 5.57 Å². The third kappa shape index (κ3) is 26.6. The first-order chi connectivity index (χ1) is 32.5. The Bertz CT molecular complexity index is 1730. The number of Topliss-reactive ketones (excluding diaryl/α,β-unsaturated/α-hetero) is 1. The Morgan fingerprint density at radius 1 is 0.928 bits per heavy atom. The molecular formula is C64H111FN2O2. The van der Waals surface area contributed by atoms with Crippen molar-refractivity contribution in [3.05, 3.63) is 101 Å². The molecule has 1 aromatic carbocycles. The maximum absolute atomic E-state index is 14.3. The van der Waals surface area contributed by atoms with Gasteiger partial charge in [-0.05, 0) is 141 Å². The zero-order valence-electron chi connectivity index (χ0n) is 49.0. The highest BCUT2D eigenvalue weighted by Gasteiger charge is 2.40. The molecular weight excluding hydrogens is 848 g/mol. The second kappa shape index (κ2) is 37.5. The van der Waals surface area contributed by atoms with E-state index in [4.69, 9.17) is 9.73 Å². The highest BCUT2D eigenvalue weighted by Crippen LogP contribution is 2.40. The van der Waals surface area contributed by atoms with Gasteiger partial charge in [0.2, 0.25) is 0 Å². The smallest absolute Gasteiger partial charge is 0.146 e. The predicted molar refractivity (Wildman–Crippen MR) is 308 cm³/mol. The van der Waals surface area contributed by atoms with Crippen LogP contribution < -0.4 is 5.32 Å². The number of aliphatic imine (C=N–C) groups is 1. The summed E-state index contributed by atoms with van der Waals surface area (Å²) in [5, 5.41) is 3.16. The third-order valence-electron chi connectivity index (χ3n) is 13.7. The Morgan fingerprint density at radius 3 is 1.88 bits per heavy atom. The van der Waals surface area contributed by atoms with E-state index in [0.717, 1.165) is 114 Å². The van der Waals surface area contributed by atoms with E-state index >= 15 is 0 Å². The van der Waals surface area contributed by atoms with E-state index in [1.165, 1.54) is 63.9 Å². The van der Waals surface area contributed by atoms with Crippen molar-refractivity contribution in [3.8, 4) is 0 Å².